The van der Waals surface area contributed by atoms with E-state index in [-0.39, 0.29) is 0 Å². The number of hydrogen-bond acceptors (Lipinski definition) is 8. The van der Waals surface area contributed by atoms with E-state index < -0.39 is 25.0 Å². The van der Waals surface area contributed by atoms with Crippen LogP contribution in [-0.4, -0.2) is 11.9 Å². The predicted octanol–water partition coefficient (Wildman–Crippen LogP) is 8.04. The van der Waals surface area contributed by atoms with E-state index >= 15 is 4.57 Å². The van der Waals surface area contributed by atoms with Crippen molar-refractivity contribution < 1.29 is 28.2 Å². The van der Waals surface area contributed by atoms with Crippen molar-refractivity contribution in [1.29, 1.82) is 0 Å². The summed E-state index contributed by atoms with van der Waals surface area (Å²) in [5.74, 6) is 0.0954. The van der Waals surface area contributed by atoms with Gasteiger partial charge in [-0.25, -0.2) is 9.59 Å². The maximum Gasteiger partial charge on any atom is 0.343 e. The number of benzene rings is 6. The van der Waals surface area contributed by atoms with Crippen molar-refractivity contribution in [2.75, 3.05) is 11.5 Å². The molecule has 0 saturated heterocycles. The molecule has 1 unspecified atom stereocenters. The predicted molar refractivity (Wildman–Crippen MR) is 186 cm³/mol. The number of ether oxygens (including phenoxy) is 2. The van der Waals surface area contributed by atoms with Crippen molar-refractivity contribution in [3.05, 3.63) is 168 Å². The van der Waals surface area contributed by atoms with Gasteiger partial charge in [0.1, 0.15) is 22.9 Å². The maximum absolute atomic E-state index is 15.5. The first-order valence-corrected chi connectivity index (χ1v) is 16.8. The van der Waals surface area contributed by atoms with E-state index in [0.29, 0.717) is 56.2 Å². The lowest BCUT2D eigenvalue weighted by Gasteiger charge is -2.34. The number of carbonyl (C=O) groups excluding carboxylic acids is 2. The van der Waals surface area contributed by atoms with Gasteiger partial charge in [-0.1, -0.05) is 60.7 Å². The van der Waals surface area contributed by atoms with Gasteiger partial charge in [0.25, 0.3) is 7.37 Å². The monoisotopic (exact) mass is 652 g/mol. The van der Waals surface area contributed by atoms with Gasteiger partial charge in [-0.15, -0.1) is 0 Å². The Morgan fingerprint density at radius 1 is 0.542 bits per heavy atom. The van der Waals surface area contributed by atoms with Crippen LogP contribution in [0.25, 0.3) is 11.1 Å². The van der Waals surface area contributed by atoms with E-state index in [1.807, 2.05) is 48.5 Å². The van der Waals surface area contributed by atoms with Gasteiger partial charge in [0.15, 0.2) is 0 Å². The summed E-state index contributed by atoms with van der Waals surface area (Å²) in [6.07, 6.45) is 0. The van der Waals surface area contributed by atoms with Crippen LogP contribution in [0.5, 0.6) is 17.2 Å². The van der Waals surface area contributed by atoms with Crippen LogP contribution in [0.15, 0.2) is 146 Å². The Balaban J connectivity index is 1.25. The minimum Gasteiger partial charge on any atom is -0.439 e. The smallest absolute Gasteiger partial charge is 0.343 e. The second-order valence-electron chi connectivity index (χ2n) is 11.3. The van der Waals surface area contributed by atoms with Crippen molar-refractivity contribution in [1.82, 2.24) is 0 Å². The average Bonchev–Trinajstić information content (AvgIpc) is 3.10. The van der Waals surface area contributed by atoms with Gasteiger partial charge in [-0.05, 0) is 102 Å². The van der Waals surface area contributed by atoms with Gasteiger partial charge in [0.05, 0.1) is 16.4 Å². The highest BCUT2D eigenvalue weighted by molar-refractivity contribution is 7.68. The Morgan fingerprint density at radius 2 is 0.979 bits per heavy atom. The van der Waals surface area contributed by atoms with E-state index in [4.69, 9.17) is 25.5 Å². The molecule has 7 rings (SSSR count). The Hall–Kier alpha value is -6.11. The molecular formula is C39H29N2O6P. The summed E-state index contributed by atoms with van der Waals surface area (Å²) < 4.78 is 33.2. The van der Waals surface area contributed by atoms with E-state index in [0.717, 1.165) is 11.1 Å². The van der Waals surface area contributed by atoms with Crippen molar-refractivity contribution in [3.8, 4) is 28.4 Å². The zero-order chi connectivity index (χ0) is 33.3. The summed E-state index contributed by atoms with van der Waals surface area (Å²) in [5.41, 5.74) is 15.6. The van der Waals surface area contributed by atoms with Gasteiger partial charge in [0.2, 0.25) is 0 Å². The van der Waals surface area contributed by atoms with Crippen molar-refractivity contribution >= 4 is 36.0 Å². The third kappa shape index (κ3) is 5.93. The fourth-order valence-corrected chi connectivity index (χ4v) is 8.61. The van der Waals surface area contributed by atoms with Gasteiger partial charge in [0, 0.05) is 16.9 Å². The largest absolute Gasteiger partial charge is 0.439 e. The molecule has 1 heterocycles. The molecule has 0 saturated carbocycles. The highest BCUT2D eigenvalue weighted by Gasteiger charge is 2.44. The van der Waals surface area contributed by atoms with E-state index in [9.17, 15) is 9.59 Å². The molecule has 0 amide bonds. The fraction of sp³-hybridized carbons (Fsp3) is 0.0256. The molecular weight excluding hydrogens is 623 g/mol. The molecule has 1 aliphatic rings. The molecule has 1 aliphatic heterocycles. The first-order chi connectivity index (χ1) is 23.3. The first-order valence-electron chi connectivity index (χ1n) is 15.1. The highest BCUT2D eigenvalue weighted by atomic mass is 31.2. The number of esters is 2. The van der Waals surface area contributed by atoms with Gasteiger partial charge in [-0.3, -0.25) is 4.57 Å². The Bertz CT molecular complexity index is 2080. The minimum absolute atomic E-state index is 0.317. The SMILES string of the molecule is Nc1ccc(C(=O)Oc2ccc(C(c3ccc(OC(=O)c4ccc(N)cc4)cc3)P3(=O)Oc4ccccc4-c4ccccc43)cc2)cc1. The van der Waals surface area contributed by atoms with Crippen molar-refractivity contribution in [2.45, 2.75) is 5.66 Å². The van der Waals surface area contributed by atoms with E-state index in [1.165, 1.54) is 0 Å². The molecule has 0 spiro atoms. The van der Waals surface area contributed by atoms with Crippen LogP contribution >= 0.6 is 7.37 Å². The molecule has 6 aromatic rings. The lowest BCUT2D eigenvalue weighted by atomic mass is 10.0. The molecule has 236 valence electrons. The van der Waals surface area contributed by atoms with Crippen LogP contribution in [0, 0.1) is 0 Å². The Labute approximate surface area is 277 Å². The van der Waals surface area contributed by atoms with E-state index in [2.05, 4.69) is 0 Å². The van der Waals surface area contributed by atoms with Crippen LogP contribution < -0.4 is 30.8 Å². The Morgan fingerprint density at radius 3 is 1.48 bits per heavy atom. The standard InChI is InChI=1S/C39H29N2O6P/c40-29-17-9-27(10-18-29)38(42)45-31-21-13-25(14-22-31)37(26-15-23-32(24-16-26)46-39(43)28-11-19-30(41)20-12-28)48(44)36-8-4-2-6-34(36)33-5-1-3-7-35(33)47-48/h1-24,37H,40-41H2. The fourth-order valence-electron chi connectivity index (χ4n) is 5.72. The molecule has 4 N–H and O–H groups in total. The van der Waals surface area contributed by atoms with Gasteiger partial charge in [-0.2, -0.15) is 0 Å². The summed E-state index contributed by atoms with van der Waals surface area (Å²) in [4.78, 5) is 25.5. The molecule has 1 atom stereocenters. The lowest BCUT2D eigenvalue weighted by Crippen LogP contribution is -2.22. The van der Waals surface area contributed by atoms with Crippen LogP contribution in [-0.2, 0) is 4.57 Å². The highest BCUT2D eigenvalue weighted by Crippen LogP contribution is 2.65. The number of fused-ring (bicyclic) bond motifs is 3. The minimum atomic E-state index is -3.72. The third-order valence-corrected chi connectivity index (χ3v) is 10.9. The number of carbonyl (C=O) groups is 2. The number of hydrogen-bond donors (Lipinski definition) is 2. The summed E-state index contributed by atoms with van der Waals surface area (Å²) in [6.45, 7) is 0. The van der Waals surface area contributed by atoms with Gasteiger partial charge >= 0.3 is 11.9 Å². The summed E-state index contributed by atoms with van der Waals surface area (Å²) in [6, 6.07) is 41.7. The molecule has 0 fully saturated rings. The summed E-state index contributed by atoms with van der Waals surface area (Å²) >= 11 is 0. The molecule has 6 aromatic carbocycles. The zero-order valence-electron chi connectivity index (χ0n) is 25.5. The number of nitrogen functional groups attached to an aromatic ring is 2. The Kier molecular flexibility index (Phi) is 8.01. The van der Waals surface area contributed by atoms with Crippen LogP contribution in [0.1, 0.15) is 37.5 Å². The van der Waals surface area contributed by atoms with Crippen LogP contribution in [0.3, 0.4) is 0 Å². The topological polar surface area (TPSA) is 131 Å². The quantitative estimate of drug-likeness (QED) is 0.0767. The van der Waals surface area contributed by atoms with Crippen molar-refractivity contribution in [2.24, 2.45) is 0 Å². The zero-order valence-corrected chi connectivity index (χ0v) is 26.4. The lowest BCUT2D eigenvalue weighted by molar-refractivity contribution is 0.0725. The molecule has 9 heteroatoms. The summed E-state index contributed by atoms with van der Waals surface area (Å²) in [5, 5.41) is 0.589. The van der Waals surface area contributed by atoms with Gasteiger partial charge < -0.3 is 25.5 Å². The molecule has 48 heavy (non-hydrogen) atoms. The summed E-state index contributed by atoms with van der Waals surface area (Å²) in [7, 11) is -3.72. The maximum atomic E-state index is 15.5. The average molecular weight is 653 g/mol. The van der Waals surface area contributed by atoms with E-state index in [1.54, 1.807) is 97.1 Å². The van der Waals surface area contributed by atoms with Crippen LogP contribution in [0.2, 0.25) is 0 Å². The third-order valence-electron chi connectivity index (χ3n) is 8.10. The second kappa shape index (κ2) is 12.6. The first kappa shape index (κ1) is 30.5. The second-order valence-corrected chi connectivity index (χ2v) is 13.6. The molecule has 8 nitrogen and oxygen atoms in total. The number of anilines is 2. The molecule has 0 aliphatic carbocycles. The number of rotatable bonds is 7. The molecule has 0 aromatic heterocycles. The van der Waals surface area contributed by atoms with Crippen LogP contribution in [0.4, 0.5) is 11.4 Å². The molecule has 0 radical (unpaired) electrons. The molecule has 0 bridgehead atoms. The van der Waals surface area contributed by atoms with Crippen molar-refractivity contribution in [3.63, 3.8) is 0 Å². The normalized spacial score (nSPS) is 14.7. The number of para-hydroxylation sites is 1. The number of nitrogens with two attached hydrogens (primary N) is 2.